The summed E-state index contributed by atoms with van der Waals surface area (Å²) in [5.74, 6) is 2.51. The highest BCUT2D eigenvalue weighted by Gasteiger charge is 2.65. The highest BCUT2D eigenvalue weighted by atomic mass is 35.5. The summed E-state index contributed by atoms with van der Waals surface area (Å²) in [7, 11) is -2.16. The Morgan fingerprint density at radius 1 is 1.00 bits per heavy atom. The van der Waals surface area contributed by atoms with E-state index in [1.165, 1.54) is 32.1 Å². The van der Waals surface area contributed by atoms with Crippen molar-refractivity contribution >= 4 is 37.3 Å². The molecule has 27 heavy (non-hydrogen) atoms. The molecule has 6 atom stereocenters. The molecule has 4 fully saturated rings. The Bertz CT molecular complexity index is 623. The zero-order valence-corrected chi connectivity index (χ0v) is 20.0. The van der Waals surface area contributed by atoms with Gasteiger partial charge >= 0.3 is 0 Å². The molecule has 0 spiro atoms. The van der Waals surface area contributed by atoms with Gasteiger partial charge in [0.15, 0.2) is 0 Å². The van der Waals surface area contributed by atoms with Gasteiger partial charge in [-0.25, -0.2) is 0 Å². The molecule has 4 aliphatic carbocycles. The molecule has 0 unspecified atom stereocenters. The summed E-state index contributed by atoms with van der Waals surface area (Å²) in [4.78, 5) is 12.6. The fourth-order valence-corrected chi connectivity index (χ4v) is 9.57. The van der Waals surface area contributed by atoms with Crippen molar-refractivity contribution in [3.63, 3.8) is 0 Å². The quantitative estimate of drug-likeness (QED) is 0.368. The minimum Gasteiger partial charge on any atom is -0.409 e. The van der Waals surface area contributed by atoms with Crippen molar-refractivity contribution in [3.05, 3.63) is 0 Å². The SMILES string of the molecule is C[C@]12CC[C@H]3[C@@H](CC[C@@]4(O[Si](C)(C)C(Cl)Cl)CCCC[C@]34C)[C@@H]1CCC2=O. The number of carbonyl (C=O) groups is 1. The predicted octanol–water partition coefficient (Wildman–Crippen LogP) is 6.68. The van der Waals surface area contributed by atoms with Crippen LogP contribution in [0.15, 0.2) is 0 Å². The van der Waals surface area contributed by atoms with Gasteiger partial charge in [-0.15, -0.1) is 23.2 Å². The fourth-order valence-electron chi connectivity index (χ4n) is 7.77. The number of Topliss-reactive ketones (excluding diaryl/α,β-unsaturated/α-hetero) is 1. The van der Waals surface area contributed by atoms with Crippen LogP contribution in [-0.4, -0.2) is 24.2 Å². The predicted molar refractivity (Wildman–Crippen MR) is 115 cm³/mol. The van der Waals surface area contributed by atoms with Gasteiger partial charge in [0, 0.05) is 11.8 Å². The van der Waals surface area contributed by atoms with Gasteiger partial charge in [-0.3, -0.25) is 4.79 Å². The number of hydrogen-bond donors (Lipinski definition) is 0. The maximum absolute atomic E-state index is 12.6. The molecule has 0 amide bonds. The molecular weight excluding hydrogens is 395 g/mol. The normalized spacial score (nSPS) is 47.5. The van der Waals surface area contributed by atoms with Crippen LogP contribution in [0.1, 0.15) is 78.1 Å². The molecule has 0 bridgehead atoms. The van der Waals surface area contributed by atoms with Crippen molar-refractivity contribution in [3.8, 4) is 0 Å². The molecule has 0 heterocycles. The van der Waals surface area contributed by atoms with E-state index in [2.05, 4.69) is 26.9 Å². The first-order valence-corrected chi connectivity index (χ1v) is 14.9. The molecule has 4 saturated carbocycles. The molecule has 0 aromatic rings. The summed E-state index contributed by atoms with van der Waals surface area (Å²) in [6.45, 7) is 9.15. The van der Waals surface area contributed by atoms with E-state index >= 15 is 0 Å². The first-order valence-electron chi connectivity index (χ1n) is 11.1. The first kappa shape index (κ1) is 20.7. The minimum absolute atomic E-state index is 0.0432. The van der Waals surface area contributed by atoms with Gasteiger partial charge in [-0.1, -0.05) is 26.7 Å². The molecule has 0 aromatic heterocycles. The Balaban J connectivity index is 1.68. The lowest BCUT2D eigenvalue weighted by molar-refractivity contribution is -0.193. The van der Waals surface area contributed by atoms with Gasteiger partial charge < -0.3 is 4.43 Å². The third-order valence-corrected chi connectivity index (χ3v) is 14.5. The van der Waals surface area contributed by atoms with Crippen LogP contribution in [-0.2, 0) is 9.22 Å². The zero-order chi connectivity index (χ0) is 19.7. The summed E-state index contributed by atoms with van der Waals surface area (Å²) in [5.41, 5.74) is 0.104. The van der Waals surface area contributed by atoms with Crippen LogP contribution in [0.4, 0.5) is 0 Å². The first-order chi connectivity index (χ1) is 12.6. The molecule has 0 N–H and O–H groups in total. The molecule has 4 aliphatic rings. The lowest BCUT2D eigenvalue weighted by Gasteiger charge is -2.65. The summed E-state index contributed by atoms with van der Waals surface area (Å²) in [6, 6.07) is 0. The Morgan fingerprint density at radius 2 is 1.70 bits per heavy atom. The minimum atomic E-state index is -2.16. The maximum atomic E-state index is 12.6. The summed E-state index contributed by atoms with van der Waals surface area (Å²) in [6.07, 6.45) is 11.5. The second-order valence-corrected chi connectivity index (χ2v) is 16.8. The van der Waals surface area contributed by atoms with Crippen molar-refractivity contribution in [2.45, 2.75) is 101 Å². The van der Waals surface area contributed by atoms with Crippen LogP contribution in [0.5, 0.6) is 0 Å². The van der Waals surface area contributed by atoms with Crippen molar-refractivity contribution in [2.75, 3.05) is 0 Å². The summed E-state index contributed by atoms with van der Waals surface area (Å²) in [5, 5.41) is 0. The standard InChI is InChI=1S/C22H36Cl2O2Si/c1-20-13-10-17-15(16(20)7-8-18(20)25)9-14-22(26-27(3,4)19(23)24)12-6-5-11-21(17,22)2/h15-17,19H,5-14H2,1-4H3/t15-,16-,17-,20-,21+,22-/m0/s1. The molecule has 2 nitrogen and oxygen atoms in total. The number of carbonyl (C=O) groups excluding carboxylic acids is 1. The van der Waals surface area contributed by atoms with E-state index < -0.39 is 12.8 Å². The number of ketones is 1. The Hall–Kier alpha value is 0.427. The number of hydrogen-bond acceptors (Lipinski definition) is 2. The van der Waals surface area contributed by atoms with Gasteiger partial charge in [-0.2, -0.15) is 0 Å². The van der Waals surface area contributed by atoms with Crippen LogP contribution >= 0.6 is 23.2 Å². The van der Waals surface area contributed by atoms with E-state index in [1.807, 2.05) is 0 Å². The van der Waals surface area contributed by atoms with E-state index in [0.717, 1.165) is 32.1 Å². The van der Waals surface area contributed by atoms with Crippen LogP contribution in [0.3, 0.4) is 0 Å². The molecular formula is C22H36Cl2O2Si. The average molecular weight is 432 g/mol. The van der Waals surface area contributed by atoms with Gasteiger partial charge in [0.1, 0.15) is 10.2 Å². The van der Waals surface area contributed by atoms with Crippen LogP contribution in [0, 0.1) is 28.6 Å². The largest absolute Gasteiger partial charge is 0.409 e. The molecule has 154 valence electrons. The summed E-state index contributed by atoms with van der Waals surface area (Å²) >= 11 is 12.7. The van der Waals surface area contributed by atoms with Crippen molar-refractivity contribution < 1.29 is 9.22 Å². The van der Waals surface area contributed by atoms with Gasteiger partial charge in [0.25, 0.3) is 0 Å². The van der Waals surface area contributed by atoms with Crippen LogP contribution < -0.4 is 0 Å². The average Bonchev–Trinajstić information content (AvgIpc) is 2.90. The van der Waals surface area contributed by atoms with Crippen molar-refractivity contribution in [1.29, 1.82) is 0 Å². The maximum Gasteiger partial charge on any atom is 0.220 e. The highest BCUT2D eigenvalue weighted by Crippen LogP contribution is 2.67. The molecule has 0 aliphatic heterocycles. The van der Waals surface area contributed by atoms with Crippen LogP contribution in [0.2, 0.25) is 13.1 Å². The number of halogens is 2. The van der Waals surface area contributed by atoms with Crippen LogP contribution in [0.25, 0.3) is 0 Å². The zero-order valence-electron chi connectivity index (χ0n) is 17.5. The van der Waals surface area contributed by atoms with E-state index in [9.17, 15) is 4.79 Å². The monoisotopic (exact) mass is 430 g/mol. The second-order valence-electron chi connectivity index (χ2n) is 11.0. The Morgan fingerprint density at radius 3 is 2.41 bits per heavy atom. The van der Waals surface area contributed by atoms with E-state index in [-0.39, 0.29) is 16.4 Å². The molecule has 5 heteroatoms. The van der Waals surface area contributed by atoms with E-state index in [4.69, 9.17) is 27.6 Å². The molecule has 4 rings (SSSR count). The smallest absolute Gasteiger partial charge is 0.220 e. The number of fused-ring (bicyclic) bond motifs is 5. The molecule has 0 aromatic carbocycles. The van der Waals surface area contributed by atoms with E-state index in [0.29, 0.717) is 23.5 Å². The summed E-state index contributed by atoms with van der Waals surface area (Å²) < 4.78 is 6.66. The van der Waals surface area contributed by atoms with E-state index in [1.54, 1.807) is 0 Å². The Kier molecular flexibility index (Phi) is 5.15. The lowest BCUT2D eigenvalue weighted by Crippen LogP contribution is -2.65. The van der Waals surface area contributed by atoms with Gasteiger partial charge in [-0.05, 0) is 81.2 Å². The second kappa shape index (κ2) is 6.72. The lowest BCUT2D eigenvalue weighted by atomic mass is 9.44. The number of rotatable bonds is 3. The topological polar surface area (TPSA) is 26.3 Å². The van der Waals surface area contributed by atoms with Gasteiger partial charge in [0.2, 0.25) is 8.32 Å². The third kappa shape index (κ3) is 2.92. The molecule has 0 saturated heterocycles. The molecule has 0 radical (unpaired) electrons. The third-order valence-electron chi connectivity index (χ3n) is 9.40. The highest BCUT2D eigenvalue weighted by molar-refractivity contribution is 6.88. The van der Waals surface area contributed by atoms with Crippen molar-refractivity contribution in [1.82, 2.24) is 0 Å². The number of alkyl halides is 2. The van der Waals surface area contributed by atoms with Gasteiger partial charge in [0.05, 0.1) is 5.60 Å². The fraction of sp³-hybridized carbons (Fsp3) is 0.955. The van der Waals surface area contributed by atoms with Crippen molar-refractivity contribution in [2.24, 2.45) is 28.6 Å². The Labute approximate surface area is 176 Å².